The lowest BCUT2D eigenvalue weighted by atomic mass is 9.97. The Hall–Kier alpha value is -1.32. The Morgan fingerprint density at radius 3 is 2.33 bits per heavy atom. The van der Waals surface area contributed by atoms with Crippen molar-refractivity contribution in [2.75, 3.05) is 0 Å². The molecule has 1 aromatic carbocycles. The standard InChI is InChI=1S/C8H8BNO2/c9-6-5-7-1-3-8(4-2-7)10(11)12/h1-4H,5-6H2. The quantitative estimate of drug-likeness (QED) is 0.384. The summed E-state index contributed by atoms with van der Waals surface area (Å²) in [7, 11) is 5.32. The summed E-state index contributed by atoms with van der Waals surface area (Å²) >= 11 is 0. The molecule has 0 unspecified atom stereocenters. The van der Waals surface area contributed by atoms with Gasteiger partial charge in [0.2, 0.25) is 0 Å². The van der Waals surface area contributed by atoms with Gasteiger partial charge in [-0.3, -0.25) is 10.1 Å². The van der Waals surface area contributed by atoms with E-state index < -0.39 is 4.92 Å². The molecule has 0 saturated heterocycles. The van der Waals surface area contributed by atoms with E-state index in [0.29, 0.717) is 6.32 Å². The molecule has 1 rings (SSSR count). The van der Waals surface area contributed by atoms with Crippen LogP contribution in [0.4, 0.5) is 5.69 Å². The van der Waals surface area contributed by atoms with Crippen LogP contribution < -0.4 is 0 Å². The van der Waals surface area contributed by atoms with E-state index in [1.54, 1.807) is 12.1 Å². The van der Waals surface area contributed by atoms with Gasteiger partial charge >= 0.3 is 0 Å². The summed E-state index contributed by atoms with van der Waals surface area (Å²) in [5.41, 5.74) is 1.15. The van der Waals surface area contributed by atoms with Gasteiger partial charge in [0.1, 0.15) is 0 Å². The monoisotopic (exact) mass is 161 g/mol. The molecule has 0 aliphatic carbocycles. The van der Waals surface area contributed by atoms with E-state index in [2.05, 4.69) is 0 Å². The molecular formula is C8H8BNO2. The molecule has 0 saturated carbocycles. The van der Waals surface area contributed by atoms with Gasteiger partial charge in [0.25, 0.3) is 5.69 Å². The zero-order valence-electron chi connectivity index (χ0n) is 6.56. The summed E-state index contributed by atoms with van der Waals surface area (Å²) in [6, 6.07) is 6.44. The molecular weight excluding hydrogens is 153 g/mol. The third kappa shape index (κ3) is 2.08. The van der Waals surface area contributed by atoms with Crippen molar-refractivity contribution < 1.29 is 4.92 Å². The van der Waals surface area contributed by atoms with Crippen molar-refractivity contribution in [3.8, 4) is 0 Å². The van der Waals surface area contributed by atoms with Crippen molar-refractivity contribution >= 4 is 13.5 Å². The SMILES string of the molecule is [B]CCc1ccc([N+](=O)[O-])cc1. The first-order valence-electron chi connectivity index (χ1n) is 3.67. The maximum absolute atomic E-state index is 10.3. The minimum atomic E-state index is -0.410. The van der Waals surface area contributed by atoms with E-state index in [4.69, 9.17) is 7.85 Å². The van der Waals surface area contributed by atoms with Gasteiger partial charge in [0, 0.05) is 12.1 Å². The molecule has 0 spiro atoms. The Balaban J connectivity index is 2.78. The molecule has 0 fully saturated rings. The minimum absolute atomic E-state index is 0.121. The van der Waals surface area contributed by atoms with Gasteiger partial charge in [0.05, 0.1) is 12.8 Å². The summed E-state index contributed by atoms with van der Waals surface area (Å²) in [6.07, 6.45) is 1.33. The van der Waals surface area contributed by atoms with Gasteiger partial charge in [-0.25, -0.2) is 0 Å². The zero-order chi connectivity index (χ0) is 8.97. The average Bonchev–Trinajstić information content (AvgIpc) is 2.06. The maximum Gasteiger partial charge on any atom is 0.269 e. The highest BCUT2D eigenvalue weighted by atomic mass is 16.6. The molecule has 0 N–H and O–H groups in total. The second kappa shape index (κ2) is 3.90. The molecule has 0 heterocycles. The van der Waals surface area contributed by atoms with Crippen LogP contribution in [0.15, 0.2) is 24.3 Å². The fraction of sp³-hybridized carbons (Fsp3) is 0.250. The summed E-state index contributed by atoms with van der Waals surface area (Å²) in [4.78, 5) is 9.84. The number of nitro benzene ring substituents is 1. The molecule has 0 aromatic heterocycles. The van der Waals surface area contributed by atoms with E-state index in [1.807, 2.05) is 0 Å². The van der Waals surface area contributed by atoms with Crippen molar-refractivity contribution in [1.29, 1.82) is 0 Å². The predicted molar refractivity (Wildman–Crippen MR) is 47.4 cm³/mol. The third-order valence-corrected chi connectivity index (χ3v) is 1.58. The van der Waals surface area contributed by atoms with E-state index in [9.17, 15) is 10.1 Å². The second-order valence-corrected chi connectivity index (χ2v) is 2.46. The lowest BCUT2D eigenvalue weighted by Gasteiger charge is -1.96. The lowest BCUT2D eigenvalue weighted by Crippen LogP contribution is -1.88. The van der Waals surface area contributed by atoms with Gasteiger partial charge in [-0.15, -0.1) is 0 Å². The molecule has 60 valence electrons. The number of non-ortho nitro benzene ring substituents is 1. The first kappa shape index (κ1) is 8.78. The van der Waals surface area contributed by atoms with E-state index in [1.165, 1.54) is 12.1 Å². The molecule has 12 heavy (non-hydrogen) atoms. The Morgan fingerprint density at radius 2 is 1.92 bits per heavy atom. The van der Waals surface area contributed by atoms with Crippen LogP contribution in [0.1, 0.15) is 5.56 Å². The summed E-state index contributed by atoms with van der Waals surface area (Å²) in [6.45, 7) is 0. The molecule has 0 aliphatic rings. The highest BCUT2D eigenvalue weighted by molar-refractivity contribution is 6.08. The highest BCUT2D eigenvalue weighted by Crippen LogP contribution is 2.12. The molecule has 0 bridgehead atoms. The van der Waals surface area contributed by atoms with Gasteiger partial charge in [-0.1, -0.05) is 18.5 Å². The number of rotatable bonds is 3. The topological polar surface area (TPSA) is 43.1 Å². The van der Waals surface area contributed by atoms with Crippen molar-refractivity contribution in [1.82, 2.24) is 0 Å². The van der Waals surface area contributed by atoms with Crippen LogP contribution >= 0.6 is 0 Å². The van der Waals surface area contributed by atoms with E-state index in [0.717, 1.165) is 12.0 Å². The van der Waals surface area contributed by atoms with Gasteiger partial charge in [-0.2, -0.15) is 0 Å². The number of nitrogens with zero attached hydrogens (tertiary/aromatic N) is 1. The molecule has 3 nitrogen and oxygen atoms in total. The Labute approximate surface area is 72.0 Å². The van der Waals surface area contributed by atoms with Crippen molar-refractivity contribution in [2.24, 2.45) is 0 Å². The van der Waals surface area contributed by atoms with Crippen molar-refractivity contribution in [3.63, 3.8) is 0 Å². The Bertz CT molecular complexity index is 271. The van der Waals surface area contributed by atoms with Crippen LogP contribution in [0, 0.1) is 10.1 Å². The predicted octanol–water partition coefficient (Wildman–Crippen LogP) is 1.72. The number of nitro groups is 1. The molecule has 1 aromatic rings. The van der Waals surface area contributed by atoms with Crippen LogP contribution in [-0.4, -0.2) is 12.8 Å². The third-order valence-electron chi connectivity index (χ3n) is 1.58. The van der Waals surface area contributed by atoms with E-state index in [-0.39, 0.29) is 5.69 Å². The number of hydrogen-bond donors (Lipinski definition) is 0. The molecule has 0 atom stereocenters. The van der Waals surface area contributed by atoms with Crippen LogP contribution in [0.25, 0.3) is 0 Å². The van der Waals surface area contributed by atoms with Crippen molar-refractivity contribution in [3.05, 3.63) is 39.9 Å². The van der Waals surface area contributed by atoms with Gasteiger partial charge in [-0.05, 0) is 12.0 Å². The maximum atomic E-state index is 10.3. The fourth-order valence-electron chi connectivity index (χ4n) is 0.951. The Kier molecular flexibility index (Phi) is 2.85. The molecule has 0 aliphatic heterocycles. The van der Waals surface area contributed by atoms with Crippen molar-refractivity contribution in [2.45, 2.75) is 12.7 Å². The number of aryl methyl sites for hydroxylation is 1. The Morgan fingerprint density at radius 1 is 1.33 bits per heavy atom. The zero-order valence-corrected chi connectivity index (χ0v) is 6.56. The van der Waals surface area contributed by atoms with Crippen LogP contribution in [0.2, 0.25) is 6.32 Å². The molecule has 4 heteroatoms. The van der Waals surface area contributed by atoms with Crippen LogP contribution in [-0.2, 0) is 6.42 Å². The number of benzene rings is 1. The molecule has 0 amide bonds. The second-order valence-electron chi connectivity index (χ2n) is 2.46. The summed E-state index contributed by atoms with van der Waals surface area (Å²) < 4.78 is 0. The highest BCUT2D eigenvalue weighted by Gasteiger charge is 2.02. The summed E-state index contributed by atoms with van der Waals surface area (Å²) in [5, 5.41) is 10.3. The van der Waals surface area contributed by atoms with Crippen LogP contribution in [0.5, 0.6) is 0 Å². The first-order valence-corrected chi connectivity index (χ1v) is 3.67. The largest absolute Gasteiger partial charge is 0.269 e. The van der Waals surface area contributed by atoms with E-state index >= 15 is 0 Å². The normalized spacial score (nSPS) is 9.67. The minimum Gasteiger partial charge on any atom is -0.258 e. The van der Waals surface area contributed by atoms with Crippen LogP contribution in [0.3, 0.4) is 0 Å². The first-order chi connectivity index (χ1) is 5.74. The summed E-state index contributed by atoms with van der Waals surface area (Å²) in [5.74, 6) is 0. The lowest BCUT2D eigenvalue weighted by molar-refractivity contribution is -0.384. The smallest absolute Gasteiger partial charge is 0.258 e. The molecule has 2 radical (unpaired) electrons. The number of hydrogen-bond acceptors (Lipinski definition) is 2. The fourth-order valence-corrected chi connectivity index (χ4v) is 0.951. The van der Waals surface area contributed by atoms with Gasteiger partial charge in [0.15, 0.2) is 0 Å². The van der Waals surface area contributed by atoms with Gasteiger partial charge < -0.3 is 0 Å². The average molecular weight is 161 g/mol.